The van der Waals surface area contributed by atoms with E-state index in [2.05, 4.69) is 20.5 Å². The molecular weight excluding hydrogens is 503 g/mol. The Hall–Kier alpha value is -2.95. The van der Waals surface area contributed by atoms with E-state index in [0.717, 1.165) is 25.0 Å². The Labute approximate surface area is 219 Å². The van der Waals surface area contributed by atoms with Gasteiger partial charge >= 0.3 is 0 Å². The summed E-state index contributed by atoms with van der Waals surface area (Å²) in [6.45, 7) is 2.39. The average Bonchev–Trinajstić information content (AvgIpc) is 2.91. The van der Waals surface area contributed by atoms with Crippen molar-refractivity contribution in [2.24, 2.45) is 0 Å². The molecule has 37 heavy (non-hydrogen) atoms. The number of hydrogen-bond donors (Lipinski definition) is 3. The van der Waals surface area contributed by atoms with Gasteiger partial charge in [-0.25, -0.2) is 9.37 Å². The number of morpholine rings is 1. The van der Waals surface area contributed by atoms with Gasteiger partial charge in [-0.2, -0.15) is 0 Å². The number of carbonyl (C=O) groups is 2. The van der Waals surface area contributed by atoms with Gasteiger partial charge in [-0.3, -0.25) is 9.59 Å². The zero-order valence-electron chi connectivity index (χ0n) is 20.3. The van der Waals surface area contributed by atoms with Crippen molar-refractivity contribution >= 4 is 29.2 Å². The molecule has 3 aliphatic carbocycles. The number of aliphatic hydroxyl groups is 1. The van der Waals surface area contributed by atoms with Gasteiger partial charge in [0.05, 0.1) is 29.9 Å². The minimum Gasteiger partial charge on any atom is -0.484 e. The maximum Gasteiger partial charge on any atom is 0.270 e. The lowest BCUT2D eigenvalue weighted by atomic mass is 9.60. The molecule has 1 aromatic carbocycles. The maximum absolute atomic E-state index is 13.6. The van der Waals surface area contributed by atoms with Gasteiger partial charge in [-0.05, 0) is 56.4 Å². The van der Waals surface area contributed by atoms with Crippen molar-refractivity contribution in [3.05, 3.63) is 52.9 Å². The molecule has 198 valence electrons. The summed E-state index contributed by atoms with van der Waals surface area (Å²) in [4.78, 5) is 32.4. The van der Waals surface area contributed by atoms with Gasteiger partial charge in [0, 0.05) is 24.7 Å². The smallest absolute Gasteiger partial charge is 0.270 e. The fraction of sp³-hybridized carbons (Fsp3) is 0.500. The largest absolute Gasteiger partial charge is 0.484 e. The van der Waals surface area contributed by atoms with Crippen molar-refractivity contribution in [1.29, 1.82) is 0 Å². The molecule has 1 aromatic heterocycles. The molecule has 2 heterocycles. The monoisotopic (exact) mass is 532 g/mol. The maximum atomic E-state index is 13.6. The molecule has 6 rings (SSSR count). The van der Waals surface area contributed by atoms with Crippen LogP contribution < -0.4 is 20.3 Å². The number of ether oxygens (including phenoxy) is 2. The van der Waals surface area contributed by atoms with E-state index in [9.17, 15) is 19.1 Å². The molecule has 0 spiro atoms. The Morgan fingerprint density at radius 3 is 2.62 bits per heavy atom. The van der Waals surface area contributed by atoms with Crippen LogP contribution in [-0.2, 0) is 9.53 Å². The lowest BCUT2D eigenvalue weighted by Crippen LogP contribution is -2.70. The van der Waals surface area contributed by atoms with E-state index in [1.54, 1.807) is 6.07 Å². The zero-order valence-corrected chi connectivity index (χ0v) is 21.1. The molecule has 4 fully saturated rings. The summed E-state index contributed by atoms with van der Waals surface area (Å²) >= 11 is 5.67. The van der Waals surface area contributed by atoms with Crippen LogP contribution in [0.15, 0.2) is 36.4 Å². The molecule has 9 nitrogen and oxygen atoms in total. The Morgan fingerprint density at radius 1 is 1.16 bits per heavy atom. The highest BCUT2D eigenvalue weighted by molar-refractivity contribution is 6.30. The van der Waals surface area contributed by atoms with E-state index in [0.29, 0.717) is 51.0 Å². The summed E-state index contributed by atoms with van der Waals surface area (Å²) in [5, 5.41) is 17.1. The number of aliphatic hydroxyl groups excluding tert-OH is 1. The fourth-order valence-electron chi connectivity index (χ4n) is 5.51. The van der Waals surface area contributed by atoms with Crippen LogP contribution >= 0.6 is 11.6 Å². The molecule has 0 radical (unpaired) electrons. The molecule has 2 aromatic rings. The Bertz CT molecular complexity index is 1170. The minimum atomic E-state index is -0.833. The van der Waals surface area contributed by atoms with Crippen molar-refractivity contribution in [1.82, 2.24) is 15.6 Å². The second-order valence-electron chi connectivity index (χ2n) is 10.0. The first-order chi connectivity index (χ1) is 17.8. The Morgan fingerprint density at radius 2 is 1.92 bits per heavy atom. The topological polar surface area (TPSA) is 113 Å². The highest BCUT2D eigenvalue weighted by Gasteiger charge is 2.55. The minimum absolute atomic E-state index is 0.0283. The van der Waals surface area contributed by atoms with Gasteiger partial charge in [-0.15, -0.1) is 0 Å². The highest BCUT2D eigenvalue weighted by atomic mass is 35.5. The van der Waals surface area contributed by atoms with E-state index in [1.807, 2.05) is 12.1 Å². The van der Waals surface area contributed by atoms with Crippen LogP contribution in [0.4, 0.5) is 10.2 Å². The molecule has 3 saturated carbocycles. The third kappa shape index (κ3) is 5.51. The molecule has 1 unspecified atom stereocenters. The second kappa shape index (κ2) is 10.4. The molecule has 1 saturated heterocycles. The number of hydrogen-bond acceptors (Lipinski definition) is 7. The summed E-state index contributed by atoms with van der Waals surface area (Å²) in [5.41, 5.74) is -1.01. The van der Waals surface area contributed by atoms with Crippen molar-refractivity contribution in [3.8, 4) is 5.75 Å². The van der Waals surface area contributed by atoms with Gasteiger partial charge in [0.25, 0.3) is 11.8 Å². The third-order valence-corrected chi connectivity index (χ3v) is 7.96. The van der Waals surface area contributed by atoms with Gasteiger partial charge in [0.2, 0.25) is 0 Å². The fourth-order valence-corrected chi connectivity index (χ4v) is 5.63. The molecule has 2 amide bonds. The zero-order chi connectivity index (χ0) is 26.0. The molecule has 11 heteroatoms. The lowest BCUT2D eigenvalue weighted by Gasteiger charge is -2.56. The summed E-state index contributed by atoms with van der Waals surface area (Å²) in [5.74, 6) is -0.377. The summed E-state index contributed by atoms with van der Waals surface area (Å²) in [6.07, 6.45) is 1.74. The molecule has 1 aliphatic heterocycles. The first-order valence-corrected chi connectivity index (χ1v) is 12.8. The molecular formula is C26H30ClFN4O5. The number of halogens is 2. The predicted octanol–water partition coefficient (Wildman–Crippen LogP) is 2.45. The standard InChI is InChI=1S/C26H30ClFN4O5/c27-18-5-4-17(14-19(18)28)37-16-23(34)30-26-8-6-25(7-9-26,15-21(26)33)31-24(35)20-2-1-3-22(29-20)32-10-12-36-13-11-32/h1-5,14,21,33H,6-13,15-16H2,(H,30,34)(H,31,35). The SMILES string of the molecule is O=C(COc1ccc(Cl)c(F)c1)NC12CCC(NC(=O)c3cccc(N4CCOCC4)n3)(CC1)CC2O. The quantitative estimate of drug-likeness (QED) is 0.502. The van der Waals surface area contributed by atoms with Crippen LogP contribution in [-0.4, -0.2) is 72.0 Å². The first-order valence-electron chi connectivity index (χ1n) is 12.5. The van der Waals surface area contributed by atoms with E-state index in [4.69, 9.17) is 21.1 Å². The summed E-state index contributed by atoms with van der Waals surface area (Å²) in [7, 11) is 0. The normalized spacial score (nSPS) is 27.0. The van der Waals surface area contributed by atoms with Gasteiger partial charge in [-0.1, -0.05) is 17.7 Å². The Balaban J connectivity index is 1.17. The van der Waals surface area contributed by atoms with Crippen LogP contribution in [0.5, 0.6) is 5.75 Å². The van der Waals surface area contributed by atoms with E-state index in [-0.39, 0.29) is 23.3 Å². The van der Waals surface area contributed by atoms with E-state index >= 15 is 0 Å². The Kier molecular flexibility index (Phi) is 7.24. The second-order valence-corrected chi connectivity index (χ2v) is 10.4. The number of benzene rings is 1. The van der Waals surface area contributed by atoms with E-state index < -0.39 is 28.9 Å². The van der Waals surface area contributed by atoms with E-state index in [1.165, 1.54) is 12.1 Å². The number of amides is 2. The van der Waals surface area contributed by atoms with Gasteiger partial charge < -0.3 is 30.1 Å². The number of nitrogens with one attached hydrogen (secondary N) is 2. The average molecular weight is 533 g/mol. The van der Waals surface area contributed by atoms with Gasteiger partial charge in [0.15, 0.2) is 6.61 Å². The van der Waals surface area contributed by atoms with Crippen LogP contribution in [0.25, 0.3) is 0 Å². The van der Waals surface area contributed by atoms with Crippen LogP contribution in [0.1, 0.15) is 42.6 Å². The predicted molar refractivity (Wildman–Crippen MR) is 134 cm³/mol. The summed E-state index contributed by atoms with van der Waals surface area (Å²) < 4.78 is 24.4. The van der Waals surface area contributed by atoms with Crippen molar-refractivity contribution in [2.75, 3.05) is 37.8 Å². The number of fused-ring (bicyclic) bond motifs is 3. The van der Waals surface area contributed by atoms with Crippen LogP contribution in [0.3, 0.4) is 0 Å². The first kappa shape index (κ1) is 25.7. The number of nitrogens with zero attached hydrogens (tertiary/aromatic N) is 2. The van der Waals surface area contributed by atoms with Crippen molar-refractivity contribution in [3.63, 3.8) is 0 Å². The van der Waals surface area contributed by atoms with Crippen molar-refractivity contribution in [2.45, 2.75) is 49.3 Å². The number of anilines is 1. The molecule has 1 atom stereocenters. The van der Waals surface area contributed by atoms with Crippen LogP contribution in [0.2, 0.25) is 5.02 Å². The van der Waals surface area contributed by atoms with Gasteiger partial charge in [0.1, 0.15) is 23.1 Å². The number of aromatic nitrogens is 1. The lowest BCUT2D eigenvalue weighted by molar-refractivity contribution is -0.132. The van der Waals surface area contributed by atoms with Crippen LogP contribution in [0, 0.1) is 5.82 Å². The molecule has 4 aliphatic rings. The highest BCUT2D eigenvalue weighted by Crippen LogP contribution is 2.47. The molecule has 3 N–H and O–H groups in total. The molecule has 2 bridgehead atoms. The number of pyridine rings is 1. The summed E-state index contributed by atoms with van der Waals surface area (Å²) in [6, 6.07) is 9.35. The number of rotatable bonds is 7. The van der Waals surface area contributed by atoms with Crippen molar-refractivity contribution < 1.29 is 28.6 Å². The third-order valence-electron chi connectivity index (χ3n) is 7.65. The number of carbonyl (C=O) groups excluding carboxylic acids is 2.